The lowest BCUT2D eigenvalue weighted by molar-refractivity contribution is 0.314. The first-order chi connectivity index (χ1) is 13.7. The largest absolute Gasteiger partial charge is 0.492 e. The lowest BCUT2D eigenvalue weighted by Crippen LogP contribution is -2.20. The number of thiazole rings is 1. The van der Waals surface area contributed by atoms with Crippen molar-refractivity contribution in [2.45, 2.75) is 13.5 Å². The third kappa shape index (κ3) is 5.50. The molecule has 4 rings (SSSR count). The Balaban J connectivity index is 0.00000240. The SMILES string of the molecule is Cc1nc2cc(OCCNCc3cncc(-c4ccc(F)cc4)c3)ccc2s1.Cl. The van der Waals surface area contributed by atoms with Crippen molar-refractivity contribution in [1.82, 2.24) is 15.3 Å². The van der Waals surface area contributed by atoms with E-state index in [0.717, 1.165) is 39.5 Å². The Bertz CT molecular complexity index is 1090. The number of benzene rings is 2. The Labute approximate surface area is 179 Å². The molecule has 2 heterocycles. The summed E-state index contributed by atoms with van der Waals surface area (Å²) in [5, 5.41) is 4.42. The number of pyridine rings is 1. The Morgan fingerprint density at radius 2 is 1.86 bits per heavy atom. The maximum absolute atomic E-state index is 13.1. The van der Waals surface area contributed by atoms with Crippen LogP contribution in [0.15, 0.2) is 60.9 Å². The van der Waals surface area contributed by atoms with E-state index in [-0.39, 0.29) is 18.2 Å². The number of fused-ring (bicyclic) bond motifs is 1. The fraction of sp³-hybridized carbons (Fsp3) is 0.182. The van der Waals surface area contributed by atoms with Gasteiger partial charge < -0.3 is 10.1 Å². The molecule has 0 fully saturated rings. The summed E-state index contributed by atoms with van der Waals surface area (Å²) in [6.07, 6.45) is 3.62. The van der Waals surface area contributed by atoms with Gasteiger partial charge in [0, 0.05) is 37.1 Å². The highest BCUT2D eigenvalue weighted by Crippen LogP contribution is 2.25. The van der Waals surface area contributed by atoms with Crippen LogP contribution in [0, 0.1) is 12.7 Å². The van der Waals surface area contributed by atoms with Gasteiger partial charge in [0.1, 0.15) is 18.2 Å². The number of halogens is 2. The molecule has 0 radical (unpaired) electrons. The number of aryl methyl sites for hydroxylation is 1. The van der Waals surface area contributed by atoms with Crippen LogP contribution >= 0.6 is 23.7 Å². The maximum Gasteiger partial charge on any atom is 0.123 e. The molecule has 4 aromatic rings. The number of aromatic nitrogens is 2. The standard InChI is InChI=1S/C22H20FN3OS.ClH/c1-15-26-21-11-20(6-7-22(21)28-15)27-9-8-24-12-16-10-18(14-25-13-16)17-2-4-19(23)5-3-17;/h2-7,10-11,13-14,24H,8-9,12H2,1H3;1H. The van der Waals surface area contributed by atoms with Crippen LogP contribution in [0.2, 0.25) is 0 Å². The van der Waals surface area contributed by atoms with Crippen molar-refractivity contribution in [3.05, 3.63) is 77.3 Å². The highest BCUT2D eigenvalue weighted by molar-refractivity contribution is 7.18. The smallest absolute Gasteiger partial charge is 0.123 e. The monoisotopic (exact) mass is 429 g/mol. The van der Waals surface area contributed by atoms with Gasteiger partial charge in [-0.2, -0.15) is 0 Å². The van der Waals surface area contributed by atoms with Crippen molar-refractivity contribution in [3.63, 3.8) is 0 Å². The summed E-state index contributed by atoms with van der Waals surface area (Å²) in [6, 6.07) is 14.5. The van der Waals surface area contributed by atoms with Crippen molar-refractivity contribution in [2.24, 2.45) is 0 Å². The molecule has 0 bridgehead atoms. The zero-order valence-electron chi connectivity index (χ0n) is 15.9. The van der Waals surface area contributed by atoms with E-state index in [9.17, 15) is 4.39 Å². The molecule has 0 unspecified atom stereocenters. The number of nitrogens with one attached hydrogen (secondary N) is 1. The highest BCUT2D eigenvalue weighted by atomic mass is 35.5. The van der Waals surface area contributed by atoms with Crippen LogP contribution in [-0.2, 0) is 6.54 Å². The average molecular weight is 430 g/mol. The summed E-state index contributed by atoms with van der Waals surface area (Å²) >= 11 is 1.69. The van der Waals surface area contributed by atoms with Crippen LogP contribution in [0.1, 0.15) is 10.6 Å². The molecule has 0 aliphatic rings. The summed E-state index contributed by atoms with van der Waals surface area (Å²) in [5.74, 6) is 0.596. The molecule has 0 saturated heterocycles. The lowest BCUT2D eigenvalue weighted by atomic mass is 10.1. The summed E-state index contributed by atoms with van der Waals surface area (Å²) in [4.78, 5) is 8.78. The van der Waals surface area contributed by atoms with Gasteiger partial charge >= 0.3 is 0 Å². The highest BCUT2D eigenvalue weighted by Gasteiger charge is 2.03. The molecule has 0 aliphatic carbocycles. The van der Waals surface area contributed by atoms with Crippen LogP contribution < -0.4 is 10.1 Å². The van der Waals surface area contributed by atoms with E-state index in [1.54, 1.807) is 29.7 Å². The molecule has 0 spiro atoms. The third-order valence-electron chi connectivity index (χ3n) is 4.32. The van der Waals surface area contributed by atoms with Crippen molar-refractivity contribution >= 4 is 34.0 Å². The summed E-state index contributed by atoms with van der Waals surface area (Å²) in [5.41, 5.74) is 3.98. The van der Waals surface area contributed by atoms with E-state index in [0.29, 0.717) is 13.2 Å². The number of rotatable bonds is 7. The molecule has 1 N–H and O–H groups in total. The zero-order valence-corrected chi connectivity index (χ0v) is 17.5. The van der Waals surface area contributed by atoms with E-state index in [4.69, 9.17) is 4.74 Å². The fourth-order valence-corrected chi connectivity index (χ4v) is 3.78. The molecule has 0 atom stereocenters. The van der Waals surface area contributed by atoms with Crippen LogP contribution in [0.4, 0.5) is 4.39 Å². The minimum atomic E-state index is -0.237. The second kappa shape index (κ2) is 9.78. The van der Waals surface area contributed by atoms with Gasteiger partial charge in [0.2, 0.25) is 0 Å². The number of ether oxygens (including phenoxy) is 1. The topological polar surface area (TPSA) is 47.0 Å². The van der Waals surface area contributed by atoms with Crippen molar-refractivity contribution < 1.29 is 9.13 Å². The maximum atomic E-state index is 13.1. The molecule has 0 saturated carbocycles. The molecule has 2 aromatic carbocycles. The Morgan fingerprint density at radius 3 is 2.69 bits per heavy atom. The van der Waals surface area contributed by atoms with Gasteiger partial charge in [0.25, 0.3) is 0 Å². The summed E-state index contributed by atoms with van der Waals surface area (Å²) in [6.45, 7) is 3.99. The average Bonchev–Trinajstić information content (AvgIpc) is 3.08. The third-order valence-corrected chi connectivity index (χ3v) is 5.27. The van der Waals surface area contributed by atoms with Crippen molar-refractivity contribution in [2.75, 3.05) is 13.2 Å². The van der Waals surface area contributed by atoms with Crippen LogP contribution in [0.3, 0.4) is 0 Å². The van der Waals surface area contributed by atoms with Gasteiger partial charge in [-0.15, -0.1) is 23.7 Å². The first kappa shape index (κ1) is 21.2. The quantitative estimate of drug-likeness (QED) is 0.400. The summed E-state index contributed by atoms with van der Waals surface area (Å²) < 4.78 is 20.1. The van der Waals surface area contributed by atoms with E-state index in [1.807, 2.05) is 25.3 Å². The van der Waals surface area contributed by atoms with E-state index in [1.165, 1.54) is 16.8 Å². The molecule has 0 amide bonds. The Morgan fingerprint density at radius 1 is 1.03 bits per heavy atom. The van der Waals surface area contributed by atoms with Gasteiger partial charge in [-0.05, 0) is 48.4 Å². The van der Waals surface area contributed by atoms with Gasteiger partial charge in [0.15, 0.2) is 0 Å². The van der Waals surface area contributed by atoms with Crippen LogP contribution in [0.5, 0.6) is 5.75 Å². The van der Waals surface area contributed by atoms with E-state index in [2.05, 4.69) is 27.4 Å². The van der Waals surface area contributed by atoms with Gasteiger partial charge in [-0.1, -0.05) is 12.1 Å². The first-order valence-corrected chi connectivity index (χ1v) is 9.89. The molecule has 7 heteroatoms. The van der Waals surface area contributed by atoms with Crippen molar-refractivity contribution in [1.29, 1.82) is 0 Å². The predicted molar refractivity (Wildman–Crippen MR) is 118 cm³/mol. The van der Waals surface area contributed by atoms with Gasteiger partial charge in [0.05, 0.1) is 15.2 Å². The van der Waals surface area contributed by atoms with Crippen LogP contribution in [-0.4, -0.2) is 23.1 Å². The number of hydrogen-bond acceptors (Lipinski definition) is 5. The van der Waals surface area contributed by atoms with Crippen LogP contribution in [0.25, 0.3) is 21.3 Å². The molecule has 150 valence electrons. The minimum Gasteiger partial charge on any atom is -0.492 e. The van der Waals surface area contributed by atoms with E-state index >= 15 is 0 Å². The van der Waals surface area contributed by atoms with Gasteiger partial charge in [-0.3, -0.25) is 4.98 Å². The molecule has 0 aliphatic heterocycles. The molecular formula is C22H21ClFN3OS. The normalized spacial score (nSPS) is 10.7. The fourth-order valence-electron chi connectivity index (χ4n) is 2.97. The first-order valence-electron chi connectivity index (χ1n) is 9.08. The summed E-state index contributed by atoms with van der Waals surface area (Å²) in [7, 11) is 0. The lowest BCUT2D eigenvalue weighted by Gasteiger charge is -2.09. The van der Waals surface area contributed by atoms with Crippen molar-refractivity contribution in [3.8, 4) is 16.9 Å². The second-order valence-electron chi connectivity index (χ2n) is 6.48. The molecular weight excluding hydrogens is 409 g/mol. The molecule has 29 heavy (non-hydrogen) atoms. The number of nitrogens with zero attached hydrogens (tertiary/aromatic N) is 2. The van der Waals surface area contributed by atoms with E-state index < -0.39 is 0 Å². The Hall–Kier alpha value is -2.54. The molecule has 4 nitrogen and oxygen atoms in total. The molecule has 2 aromatic heterocycles. The predicted octanol–water partition coefficient (Wildman–Crippen LogP) is 5.40. The number of hydrogen-bond donors (Lipinski definition) is 1. The Kier molecular flexibility index (Phi) is 7.14. The minimum absolute atomic E-state index is 0. The zero-order chi connectivity index (χ0) is 19.3. The van der Waals surface area contributed by atoms with Gasteiger partial charge in [-0.25, -0.2) is 9.37 Å². The second-order valence-corrected chi connectivity index (χ2v) is 7.71.